The van der Waals surface area contributed by atoms with Gasteiger partial charge in [0.15, 0.2) is 125 Å². The van der Waals surface area contributed by atoms with Crippen LogP contribution >= 0.6 is 0 Å². The Labute approximate surface area is 652 Å². The zero-order chi connectivity index (χ0) is 76.3. The van der Waals surface area contributed by atoms with Crippen molar-refractivity contribution in [2.45, 2.75) is 101 Å². The third-order valence-corrected chi connectivity index (χ3v) is 22.9. The molecular weight excluding hydrogens is 1410 g/mol. The summed E-state index contributed by atoms with van der Waals surface area (Å²) in [5.41, 5.74) is 17.8. The summed E-state index contributed by atoms with van der Waals surface area (Å²) in [5, 5.41) is 45.6. The molecule has 24 rings (SSSR count). The molecule has 0 saturated heterocycles. The van der Waals surface area contributed by atoms with Crippen LogP contribution in [0.4, 0.5) is 0 Å². The fourth-order valence-corrected chi connectivity index (χ4v) is 17.2. The monoisotopic (exact) mass is 1500 g/mol. The SMILES string of the molecule is C[n+]1ccc(-c2cc[n+](Cc3c4c5cc6c3OCOc3c7cc(c(c3C[n+]3ccc(-c8cc[n+](C)cc8)cc3)OCOc3c8cc(c(c3C[n+]3ccc(-c9cc[n+](C)cc9)cc3)OCOc3c(cc(c(c3C[n+]3ccc(-c9cc[n+](C)cc9)cc3)OCO4)C8CCCO)C6CCCO)C7CCCO)C5CCCO)cc2)cc1. The molecule has 568 valence electrons. The lowest BCUT2D eigenvalue weighted by Crippen LogP contribution is -2.36. The zero-order valence-corrected chi connectivity index (χ0v) is 63.9. The smallest absolute Gasteiger partial charge is 0.230 e. The molecule has 0 radical (unpaired) electrons. The van der Waals surface area contributed by atoms with Gasteiger partial charge in [-0.1, -0.05) is 0 Å². The minimum absolute atomic E-state index is 0.121. The first-order chi connectivity index (χ1) is 55.0. The highest BCUT2D eigenvalue weighted by molar-refractivity contribution is 5.71. The van der Waals surface area contributed by atoms with Crippen LogP contribution in [-0.2, 0) is 54.4 Å². The maximum Gasteiger partial charge on any atom is 0.230 e. The summed E-state index contributed by atoms with van der Waals surface area (Å²) in [5.74, 6) is 1.86. The van der Waals surface area contributed by atoms with Gasteiger partial charge in [0.05, 0.1) is 0 Å². The topological polar surface area (TPSA) is 186 Å². The van der Waals surface area contributed by atoms with E-state index in [0.717, 1.165) is 111 Å². The molecule has 112 heavy (non-hydrogen) atoms. The van der Waals surface area contributed by atoms with Gasteiger partial charge < -0.3 is 58.3 Å². The fourth-order valence-electron chi connectivity index (χ4n) is 17.2. The summed E-state index contributed by atoms with van der Waals surface area (Å²) >= 11 is 0. The average Bonchev–Trinajstić information content (AvgIpc) is 0.717. The number of nitrogens with zero attached hydrogens (tertiary/aromatic N) is 8. The van der Waals surface area contributed by atoms with Crippen LogP contribution in [0.5, 0.6) is 46.0 Å². The number of aryl methyl sites for hydroxylation is 4. The molecule has 0 spiro atoms. The molecular formula is C92H96N8O12+8. The standard InChI is InChI=1S/C92H96N8O12/c1-93-29-13-61(14-30-93)65-21-37-97(38-22-65)53-81-85-73-49-74-70(10-6-46-102)76-51-78-72(12-8-48-104)80-52-79-71(11-7-47-103)77-50-75(69(73)9-5-45-101)87(82(89(77)107-57-105-86(74)81)54-98-39-23-66(24-40-98)62-15-31-94(2)32-16-62)109-59-111-92(80)84(56-100-43-27-68(28-44-100)64-19-35-96(4)36-20-64)91(79)112-60-110-88(76)83(90(78)108-58-106-85)55-99-41-25-67(26-42-99)63-17-33-95(3)34-18-63/h13-44,49-52,69-72,101-104H,5-12,45-48,53-60H2,1-4H3/q+8. The maximum absolute atomic E-state index is 11.4. The van der Waals surface area contributed by atoms with Gasteiger partial charge in [-0.3, -0.25) is 0 Å². The van der Waals surface area contributed by atoms with Gasteiger partial charge in [-0.15, -0.1) is 0 Å². The molecule has 0 amide bonds. The molecule has 0 aliphatic carbocycles. The second-order valence-corrected chi connectivity index (χ2v) is 30.1. The van der Waals surface area contributed by atoms with E-state index in [-0.39, 0.29) is 79.8 Å². The van der Waals surface area contributed by atoms with Crippen molar-refractivity contribution >= 4 is 0 Å². The van der Waals surface area contributed by atoms with Crippen LogP contribution in [0.3, 0.4) is 0 Å². The minimum atomic E-state index is -0.596. The van der Waals surface area contributed by atoms with Gasteiger partial charge in [0.2, 0.25) is 27.2 Å². The van der Waals surface area contributed by atoms with Gasteiger partial charge in [-0.05, 0) is 120 Å². The van der Waals surface area contributed by atoms with Gasteiger partial charge in [0, 0.05) is 192 Å². The van der Waals surface area contributed by atoms with Crippen LogP contribution < -0.4 is 74.4 Å². The Kier molecular flexibility index (Phi) is 21.1. The Morgan fingerprint density at radius 3 is 0.545 bits per heavy atom. The van der Waals surface area contributed by atoms with Crippen LogP contribution in [0.2, 0.25) is 0 Å². The summed E-state index contributed by atoms with van der Waals surface area (Å²) in [6.45, 7) is -0.642. The molecule has 20 heteroatoms. The number of hydrogen-bond acceptors (Lipinski definition) is 12. The molecule has 16 bridgehead atoms. The van der Waals surface area contributed by atoms with Gasteiger partial charge in [-0.25, -0.2) is 36.5 Å². The summed E-state index contributed by atoms with van der Waals surface area (Å²) in [6, 6.07) is 42.8. The number of benzene rings is 4. The number of aliphatic hydroxyl groups is 4. The molecule has 12 aromatic rings. The second-order valence-electron chi connectivity index (χ2n) is 30.1. The summed E-state index contributed by atoms with van der Waals surface area (Å²) < 4.78 is 78.2. The number of aliphatic hydroxyl groups excluding tert-OH is 4. The molecule has 4 aromatic carbocycles. The lowest BCUT2D eigenvalue weighted by Gasteiger charge is -2.37. The molecule has 0 unspecified atom stereocenters. The molecule has 20 heterocycles. The molecule has 4 N–H and O–H groups in total. The van der Waals surface area contributed by atoms with Crippen LogP contribution in [0.25, 0.3) is 44.5 Å². The molecule has 8 aromatic heterocycles. The van der Waals surface area contributed by atoms with E-state index < -0.39 is 23.7 Å². The van der Waals surface area contributed by atoms with E-state index in [1.165, 1.54) is 0 Å². The predicted octanol–water partition coefficient (Wildman–Crippen LogP) is 9.84. The molecule has 12 aliphatic heterocycles. The van der Waals surface area contributed by atoms with Crippen molar-refractivity contribution in [3.8, 4) is 90.5 Å². The van der Waals surface area contributed by atoms with Gasteiger partial charge in [0.1, 0.15) is 96.4 Å². The van der Waals surface area contributed by atoms with Crippen LogP contribution in [0.1, 0.15) is 142 Å². The zero-order valence-electron chi connectivity index (χ0n) is 63.9. The van der Waals surface area contributed by atoms with Gasteiger partial charge in [0.25, 0.3) is 0 Å². The van der Waals surface area contributed by atoms with Crippen molar-refractivity contribution in [3.05, 3.63) is 287 Å². The van der Waals surface area contributed by atoms with Crippen molar-refractivity contribution < 1.29 is 94.9 Å². The lowest BCUT2D eigenvalue weighted by molar-refractivity contribution is -0.688. The first-order valence-corrected chi connectivity index (χ1v) is 39.0. The summed E-state index contributed by atoms with van der Waals surface area (Å²) in [6.07, 6.45) is 36.2. The van der Waals surface area contributed by atoms with Crippen LogP contribution in [-0.4, -0.2) is 74.0 Å². The maximum atomic E-state index is 11.4. The van der Waals surface area contributed by atoms with Crippen molar-refractivity contribution in [2.75, 3.05) is 53.6 Å². The summed E-state index contributed by atoms with van der Waals surface area (Å²) in [4.78, 5) is 0. The van der Waals surface area contributed by atoms with E-state index in [1.54, 1.807) is 0 Å². The molecule has 0 saturated carbocycles. The van der Waals surface area contributed by atoms with Crippen LogP contribution in [0.15, 0.2) is 220 Å². The third kappa shape index (κ3) is 14.6. The van der Waals surface area contributed by atoms with E-state index >= 15 is 0 Å². The fraction of sp³-hybridized carbons (Fsp3) is 0.304. The predicted molar refractivity (Wildman–Crippen MR) is 412 cm³/mol. The van der Waals surface area contributed by atoms with Crippen molar-refractivity contribution in [1.29, 1.82) is 0 Å². The number of rotatable bonds is 24. The van der Waals surface area contributed by atoms with E-state index in [4.69, 9.17) is 37.9 Å². The Morgan fingerprint density at radius 1 is 0.241 bits per heavy atom. The number of aromatic nitrogens is 8. The van der Waals surface area contributed by atoms with Gasteiger partial charge >= 0.3 is 0 Å². The third-order valence-electron chi connectivity index (χ3n) is 22.9. The molecule has 0 atom stereocenters. The number of hydrogen-bond donors (Lipinski definition) is 4. The second kappa shape index (κ2) is 32.3. The van der Waals surface area contributed by atoms with Crippen molar-refractivity contribution in [2.24, 2.45) is 28.2 Å². The van der Waals surface area contributed by atoms with E-state index in [0.29, 0.717) is 97.4 Å². The van der Waals surface area contributed by atoms with Crippen molar-refractivity contribution in [3.63, 3.8) is 0 Å². The van der Waals surface area contributed by atoms with E-state index in [9.17, 15) is 20.4 Å². The largest absolute Gasteiger partial charge is 0.456 e. The number of ether oxygens (including phenoxy) is 8. The lowest BCUT2D eigenvalue weighted by atomic mass is 9.74. The number of pyridine rings is 8. The molecule has 20 nitrogen and oxygen atoms in total. The minimum Gasteiger partial charge on any atom is -0.456 e. The summed E-state index contributed by atoms with van der Waals surface area (Å²) in [7, 11) is 8.04. The van der Waals surface area contributed by atoms with E-state index in [2.05, 4.69) is 189 Å². The first kappa shape index (κ1) is 73.1. The Hall–Kier alpha value is -11.7. The highest BCUT2D eigenvalue weighted by Crippen LogP contribution is 2.59. The normalized spacial score (nSPS) is 16.1. The highest BCUT2D eigenvalue weighted by atomic mass is 16.7. The quantitative estimate of drug-likeness (QED) is 0.0421. The Balaban J connectivity index is 0.986. The molecule has 12 aliphatic rings. The average molecular weight is 1510 g/mol. The Morgan fingerprint density at radius 2 is 0.393 bits per heavy atom. The highest BCUT2D eigenvalue weighted by Gasteiger charge is 2.44. The Bertz CT molecular complexity index is 4610. The first-order valence-electron chi connectivity index (χ1n) is 39.0. The van der Waals surface area contributed by atoms with Crippen molar-refractivity contribution in [1.82, 2.24) is 0 Å². The van der Waals surface area contributed by atoms with Gasteiger partial charge in [-0.2, -0.15) is 0 Å². The van der Waals surface area contributed by atoms with E-state index in [1.807, 2.05) is 96.0 Å². The molecule has 0 fully saturated rings. The van der Waals surface area contributed by atoms with Crippen LogP contribution in [0, 0.1) is 0 Å².